The number of ether oxygens (including phenoxy) is 3. The second-order valence-electron chi connectivity index (χ2n) is 7.00. The van der Waals surface area contributed by atoms with E-state index in [4.69, 9.17) is 14.2 Å². The number of amides is 1. The van der Waals surface area contributed by atoms with Gasteiger partial charge in [0, 0.05) is 18.4 Å². The van der Waals surface area contributed by atoms with Gasteiger partial charge in [-0.15, -0.1) is 0 Å². The van der Waals surface area contributed by atoms with Gasteiger partial charge in [-0.1, -0.05) is 24.6 Å². The molecule has 0 unspecified atom stereocenters. The number of benzene rings is 1. The summed E-state index contributed by atoms with van der Waals surface area (Å²) in [4.78, 5) is 24.7. The van der Waals surface area contributed by atoms with Crippen LogP contribution >= 0.6 is 0 Å². The van der Waals surface area contributed by atoms with Crippen molar-refractivity contribution in [1.29, 1.82) is 0 Å². The van der Waals surface area contributed by atoms with Crippen molar-refractivity contribution in [2.45, 2.75) is 63.1 Å². The van der Waals surface area contributed by atoms with Crippen molar-refractivity contribution in [1.82, 2.24) is 5.32 Å². The minimum atomic E-state index is -1.54. The highest BCUT2D eigenvalue weighted by atomic mass is 16.7. The zero-order chi connectivity index (χ0) is 19.3. The first-order valence-corrected chi connectivity index (χ1v) is 9.57. The molecule has 2 N–H and O–H groups in total. The van der Waals surface area contributed by atoms with E-state index >= 15 is 0 Å². The molecule has 1 aliphatic carbocycles. The summed E-state index contributed by atoms with van der Waals surface area (Å²) in [5.41, 5.74) is 0.435. The summed E-state index contributed by atoms with van der Waals surface area (Å²) in [7, 11) is 0. The maximum atomic E-state index is 12.6. The van der Waals surface area contributed by atoms with Gasteiger partial charge < -0.3 is 24.6 Å². The molecule has 1 amide bonds. The lowest BCUT2D eigenvalue weighted by atomic mass is 9.94. The smallest absolute Gasteiger partial charge is 0.337 e. The average Bonchev–Trinajstić information content (AvgIpc) is 3.09. The van der Waals surface area contributed by atoms with E-state index in [9.17, 15) is 14.7 Å². The molecule has 1 aromatic carbocycles. The number of hydrogen-bond donors (Lipinski definition) is 2. The summed E-state index contributed by atoms with van der Waals surface area (Å²) in [5, 5.41) is 13.3. The molecule has 2 aliphatic rings. The molecule has 0 bridgehead atoms. The van der Waals surface area contributed by atoms with E-state index in [1.165, 1.54) is 0 Å². The third-order valence-electron chi connectivity index (χ3n) is 5.09. The number of carbonyl (C=O) groups is 2. The fraction of sp³-hybridized carbons (Fsp3) is 0.600. The van der Waals surface area contributed by atoms with Gasteiger partial charge in [0.2, 0.25) is 0 Å². The fourth-order valence-corrected chi connectivity index (χ4v) is 3.68. The van der Waals surface area contributed by atoms with E-state index in [0.29, 0.717) is 5.56 Å². The van der Waals surface area contributed by atoms with Crippen LogP contribution in [0.5, 0.6) is 0 Å². The van der Waals surface area contributed by atoms with Crippen LogP contribution in [0, 0.1) is 0 Å². The summed E-state index contributed by atoms with van der Waals surface area (Å²) in [6.45, 7) is 2.01. The molecule has 1 aliphatic heterocycles. The minimum absolute atomic E-state index is 0.140. The van der Waals surface area contributed by atoms with E-state index < -0.39 is 35.9 Å². The molecule has 1 heterocycles. The molecule has 2 fully saturated rings. The number of aliphatic hydroxyl groups excluding tert-OH is 1. The van der Waals surface area contributed by atoms with Gasteiger partial charge in [-0.2, -0.15) is 0 Å². The first kappa shape index (κ1) is 19.8. The predicted molar refractivity (Wildman–Crippen MR) is 97.0 cm³/mol. The standard InChI is InChI=1S/C20H27NO6/c1-2-25-19(24)17(22)16(21-18(23)14-9-5-3-6-10-14)15-13-26-20(27-15)11-7-4-8-12-20/h3,5-6,9-10,15-17,22H,2,4,7-8,11-13H2,1H3,(H,21,23)/t15-,16-,17-/m1/s1. The van der Waals surface area contributed by atoms with Crippen molar-refractivity contribution in [3.05, 3.63) is 35.9 Å². The van der Waals surface area contributed by atoms with E-state index in [1.807, 2.05) is 6.07 Å². The number of aliphatic hydroxyl groups is 1. The molecule has 0 radical (unpaired) electrons. The highest BCUT2D eigenvalue weighted by molar-refractivity contribution is 5.94. The van der Waals surface area contributed by atoms with E-state index in [-0.39, 0.29) is 13.2 Å². The molecule has 1 spiro atoms. The number of carbonyl (C=O) groups excluding carboxylic acids is 2. The van der Waals surface area contributed by atoms with Crippen LogP contribution in [-0.4, -0.2) is 54.2 Å². The van der Waals surface area contributed by atoms with Gasteiger partial charge in [0.05, 0.1) is 19.3 Å². The Morgan fingerprint density at radius 3 is 2.63 bits per heavy atom. The highest BCUT2D eigenvalue weighted by Gasteiger charge is 2.48. The van der Waals surface area contributed by atoms with Gasteiger partial charge in [-0.3, -0.25) is 4.79 Å². The summed E-state index contributed by atoms with van der Waals surface area (Å²) in [5.74, 6) is -1.85. The van der Waals surface area contributed by atoms with Gasteiger partial charge in [-0.05, 0) is 31.9 Å². The Morgan fingerprint density at radius 2 is 1.96 bits per heavy atom. The summed E-state index contributed by atoms with van der Waals surface area (Å²) < 4.78 is 17.0. The largest absolute Gasteiger partial charge is 0.464 e. The molecule has 148 valence electrons. The summed E-state index contributed by atoms with van der Waals surface area (Å²) in [6.07, 6.45) is 2.54. The number of esters is 1. The Kier molecular flexibility index (Phi) is 6.46. The van der Waals surface area contributed by atoms with Crippen molar-refractivity contribution in [2.75, 3.05) is 13.2 Å². The Balaban J connectivity index is 1.75. The Labute approximate surface area is 159 Å². The zero-order valence-electron chi connectivity index (χ0n) is 15.6. The Hall–Kier alpha value is -1.96. The maximum Gasteiger partial charge on any atom is 0.337 e. The summed E-state index contributed by atoms with van der Waals surface area (Å²) >= 11 is 0. The third kappa shape index (κ3) is 4.66. The molecule has 1 saturated heterocycles. The van der Waals surface area contributed by atoms with Crippen LogP contribution in [0.1, 0.15) is 49.4 Å². The van der Waals surface area contributed by atoms with E-state index in [0.717, 1.165) is 32.1 Å². The maximum absolute atomic E-state index is 12.6. The van der Waals surface area contributed by atoms with Crippen molar-refractivity contribution < 1.29 is 28.9 Å². The van der Waals surface area contributed by atoms with Crippen LogP contribution in [0.4, 0.5) is 0 Å². The normalized spacial score (nSPS) is 23.6. The molecule has 7 nitrogen and oxygen atoms in total. The van der Waals surface area contributed by atoms with Crippen LogP contribution in [-0.2, 0) is 19.0 Å². The van der Waals surface area contributed by atoms with Gasteiger partial charge in [0.1, 0.15) is 6.10 Å². The number of rotatable bonds is 6. The van der Waals surface area contributed by atoms with E-state index in [1.54, 1.807) is 31.2 Å². The molecular weight excluding hydrogens is 350 g/mol. The van der Waals surface area contributed by atoms with Gasteiger partial charge >= 0.3 is 5.97 Å². The second-order valence-corrected chi connectivity index (χ2v) is 7.00. The Bertz CT molecular complexity index is 643. The lowest BCUT2D eigenvalue weighted by Crippen LogP contribution is -2.55. The molecule has 1 aromatic rings. The number of hydrogen-bond acceptors (Lipinski definition) is 6. The number of nitrogens with one attached hydrogen (secondary N) is 1. The monoisotopic (exact) mass is 377 g/mol. The Morgan fingerprint density at radius 1 is 1.26 bits per heavy atom. The van der Waals surface area contributed by atoms with Crippen molar-refractivity contribution in [3.8, 4) is 0 Å². The molecule has 3 rings (SSSR count). The van der Waals surface area contributed by atoms with Gasteiger partial charge in [-0.25, -0.2) is 4.79 Å². The van der Waals surface area contributed by atoms with Gasteiger partial charge in [0.15, 0.2) is 11.9 Å². The van der Waals surface area contributed by atoms with Crippen LogP contribution in [0.15, 0.2) is 30.3 Å². The van der Waals surface area contributed by atoms with Crippen molar-refractivity contribution in [2.24, 2.45) is 0 Å². The zero-order valence-corrected chi connectivity index (χ0v) is 15.6. The SMILES string of the molecule is CCOC(=O)[C@H](O)[C@H](NC(=O)c1ccccc1)[C@H]1COC2(CCCCC2)O1. The van der Waals surface area contributed by atoms with Crippen LogP contribution in [0.3, 0.4) is 0 Å². The molecule has 27 heavy (non-hydrogen) atoms. The highest BCUT2D eigenvalue weighted by Crippen LogP contribution is 2.38. The minimum Gasteiger partial charge on any atom is -0.464 e. The van der Waals surface area contributed by atoms with E-state index in [2.05, 4.69) is 5.32 Å². The van der Waals surface area contributed by atoms with Crippen molar-refractivity contribution >= 4 is 11.9 Å². The van der Waals surface area contributed by atoms with Gasteiger partial charge in [0.25, 0.3) is 5.91 Å². The van der Waals surface area contributed by atoms with Crippen LogP contribution in [0.2, 0.25) is 0 Å². The predicted octanol–water partition coefficient (Wildman–Crippen LogP) is 1.78. The molecular formula is C20H27NO6. The average molecular weight is 377 g/mol. The first-order valence-electron chi connectivity index (χ1n) is 9.57. The quantitative estimate of drug-likeness (QED) is 0.734. The fourth-order valence-electron chi connectivity index (χ4n) is 3.68. The van der Waals surface area contributed by atoms with Crippen molar-refractivity contribution in [3.63, 3.8) is 0 Å². The topological polar surface area (TPSA) is 94.1 Å². The lowest BCUT2D eigenvalue weighted by molar-refractivity contribution is -0.193. The molecule has 3 atom stereocenters. The van der Waals surface area contributed by atoms with Crippen LogP contribution in [0.25, 0.3) is 0 Å². The summed E-state index contributed by atoms with van der Waals surface area (Å²) in [6, 6.07) is 7.67. The lowest BCUT2D eigenvalue weighted by Gasteiger charge is -2.33. The second kappa shape index (κ2) is 8.82. The first-order chi connectivity index (χ1) is 13.0. The van der Waals surface area contributed by atoms with Crippen LogP contribution < -0.4 is 5.32 Å². The molecule has 7 heteroatoms. The molecule has 1 saturated carbocycles. The molecule has 0 aromatic heterocycles. The third-order valence-corrected chi connectivity index (χ3v) is 5.09.